The molecule has 0 spiro atoms. The Bertz CT molecular complexity index is 633. The first kappa shape index (κ1) is 15.4. The van der Waals surface area contributed by atoms with Gasteiger partial charge in [0.1, 0.15) is 5.58 Å². The highest BCUT2D eigenvalue weighted by atomic mass is 35.5. The number of benzene rings is 1. The lowest BCUT2D eigenvalue weighted by Gasteiger charge is -2.20. The molecule has 2 aromatic rings. The molecule has 0 saturated heterocycles. The van der Waals surface area contributed by atoms with Crippen molar-refractivity contribution in [1.82, 2.24) is 4.90 Å². The molecule has 0 fully saturated rings. The first-order chi connectivity index (χ1) is 9.63. The van der Waals surface area contributed by atoms with Crippen molar-refractivity contribution >= 4 is 34.2 Å². The molecule has 0 amide bonds. The van der Waals surface area contributed by atoms with Crippen molar-refractivity contribution < 1.29 is 4.42 Å². The number of nitrogens with zero attached hydrogens (tertiary/aromatic N) is 1. The summed E-state index contributed by atoms with van der Waals surface area (Å²) in [5, 5.41) is 0.971. The Balaban J connectivity index is 2.29. The zero-order chi connectivity index (χ0) is 14.5. The van der Waals surface area contributed by atoms with Gasteiger partial charge in [0.05, 0.1) is 0 Å². The molecule has 0 aliphatic heterocycles. The summed E-state index contributed by atoms with van der Waals surface area (Å²) in [6, 6.07) is 7.39. The highest BCUT2D eigenvalue weighted by molar-refractivity contribution is 6.18. The van der Waals surface area contributed by atoms with Crippen molar-refractivity contribution in [2.75, 3.05) is 24.8 Å². The molecule has 0 aliphatic rings. The van der Waals surface area contributed by atoms with Crippen LogP contribution in [0, 0.1) is 6.92 Å². The molecule has 1 heterocycles. The van der Waals surface area contributed by atoms with Crippen LogP contribution in [0.15, 0.2) is 33.5 Å². The van der Waals surface area contributed by atoms with Gasteiger partial charge >= 0.3 is 5.63 Å². The van der Waals surface area contributed by atoms with Crippen LogP contribution in [0.5, 0.6) is 0 Å². The normalized spacial score (nSPS) is 11.4. The van der Waals surface area contributed by atoms with E-state index in [1.807, 2.05) is 19.1 Å². The van der Waals surface area contributed by atoms with Crippen molar-refractivity contribution in [2.24, 2.45) is 0 Å². The molecule has 0 N–H and O–H groups in total. The van der Waals surface area contributed by atoms with Crippen LogP contribution >= 0.6 is 23.2 Å². The number of halogens is 2. The van der Waals surface area contributed by atoms with Gasteiger partial charge in [0.25, 0.3) is 0 Å². The maximum Gasteiger partial charge on any atom is 0.336 e. The minimum atomic E-state index is -0.311. The Kier molecular flexibility index (Phi) is 5.46. The average Bonchev–Trinajstić information content (AvgIpc) is 2.40. The predicted molar refractivity (Wildman–Crippen MR) is 83.9 cm³/mol. The van der Waals surface area contributed by atoms with Crippen LogP contribution in [-0.2, 0) is 6.54 Å². The van der Waals surface area contributed by atoms with Crippen LogP contribution in [0.2, 0.25) is 0 Å². The summed E-state index contributed by atoms with van der Waals surface area (Å²) in [5.41, 5.74) is 2.40. The first-order valence-electron chi connectivity index (χ1n) is 6.51. The number of alkyl halides is 2. The molecule has 2 rings (SSSR count). The smallest absolute Gasteiger partial charge is 0.336 e. The lowest BCUT2D eigenvalue weighted by Crippen LogP contribution is -2.27. The van der Waals surface area contributed by atoms with Gasteiger partial charge in [-0.2, -0.15) is 0 Å². The van der Waals surface area contributed by atoms with Gasteiger partial charge in [-0.05, 0) is 30.2 Å². The molecule has 108 valence electrons. The van der Waals surface area contributed by atoms with Crippen LogP contribution in [-0.4, -0.2) is 29.7 Å². The van der Waals surface area contributed by atoms with Gasteiger partial charge in [0.2, 0.25) is 0 Å². The Morgan fingerprint density at radius 1 is 1.15 bits per heavy atom. The van der Waals surface area contributed by atoms with Crippen molar-refractivity contribution in [3.8, 4) is 0 Å². The SMILES string of the molecule is Cc1cc(=O)oc2ccc(CN(CCCl)CCCl)cc12. The standard InChI is InChI=1S/C15H17Cl2NO2/c1-11-8-15(19)20-14-3-2-12(9-13(11)14)10-18(6-4-16)7-5-17/h2-3,8-9H,4-7,10H2,1H3. The second kappa shape index (κ2) is 7.11. The van der Waals surface area contributed by atoms with E-state index in [-0.39, 0.29) is 5.63 Å². The fraction of sp³-hybridized carbons (Fsp3) is 0.400. The maximum atomic E-state index is 11.3. The number of rotatable bonds is 6. The van der Waals surface area contributed by atoms with E-state index in [0.717, 1.165) is 36.1 Å². The van der Waals surface area contributed by atoms with Gasteiger partial charge in [-0.3, -0.25) is 4.90 Å². The lowest BCUT2D eigenvalue weighted by atomic mass is 10.1. The van der Waals surface area contributed by atoms with E-state index in [1.54, 1.807) is 0 Å². The summed E-state index contributed by atoms with van der Waals surface area (Å²) < 4.78 is 5.19. The molecule has 0 bridgehead atoms. The Morgan fingerprint density at radius 3 is 2.50 bits per heavy atom. The van der Waals surface area contributed by atoms with E-state index >= 15 is 0 Å². The zero-order valence-electron chi connectivity index (χ0n) is 11.4. The van der Waals surface area contributed by atoms with E-state index in [2.05, 4.69) is 11.0 Å². The van der Waals surface area contributed by atoms with Crippen LogP contribution in [0.25, 0.3) is 11.0 Å². The monoisotopic (exact) mass is 313 g/mol. The molecule has 0 atom stereocenters. The summed E-state index contributed by atoms with van der Waals surface area (Å²) in [6.07, 6.45) is 0. The lowest BCUT2D eigenvalue weighted by molar-refractivity contribution is 0.299. The van der Waals surface area contributed by atoms with Gasteiger partial charge < -0.3 is 4.42 Å². The molecular formula is C15H17Cl2NO2. The molecule has 5 heteroatoms. The second-order valence-electron chi connectivity index (χ2n) is 4.73. The van der Waals surface area contributed by atoms with Gasteiger partial charge in [-0.25, -0.2) is 4.79 Å². The highest BCUT2D eigenvalue weighted by Crippen LogP contribution is 2.19. The van der Waals surface area contributed by atoms with Gasteiger partial charge in [-0.1, -0.05) is 6.07 Å². The fourth-order valence-electron chi connectivity index (χ4n) is 2.23. The molecule has 0 radical (unpaired) electrons. The first-order valence-corrected chi connectivity index (χ1v) is 7.58. The van der Waals surface area contributed by atoms with E-state index in [1.165, 1.54) is 6.07 Å². The maximum absolute atomic E-state index is 11.3. The van der Waals surface area contributed by atoms with Crippen LogP contribution in [0.1, 0.15) is 11.1 Å². The Morgan fingerprint density at radius 2 is 1.85 bits per heavy atom. The summed E-state index contributed by atoms with van der Waals surface area (Å²) in [5.74, 6) is 1.16. The minimum absolute atomic E-state index is 0.311. The third-order valence-electron chi connectivity index (χ3n) is 3.22. The zero-order valence-corrected chi connectivity index (χ0v) is 12.9. The largest absolute Gasteiger partial charge is 0.423 e. The quantitative estimate of drug-likeness (QED) is 0.605. The number of fused-ring (bicyclic) bond motifs is 1. The van der Waals surface area contributed by atoms with Crippen LogP contribution < -0.4 is 5.63 Å². The summed E-state index contributed by atoms with van der Waals surface area (Å²) >= 11 is 11.6. The number of aryl methyl sites for hydroxylation is 1. The second-order valence-corrected chi connectivity index (χ2v) is 5.49. The third-order valence-corrected chi connectivity index (χ3v) is 3.56. The Hall–Kier alpha value is -1.03. The highest BCUT2D eigenvalue weighted by Gasteiger charge is 2.07. The summed E-state index contributed by atoms with van der Waals surface area (Å²) in [6.45, 7) is 4.30. The van der Waals surface area contributed by atoms with Gasteiger partial charge in [0.15, 0.2) is 0 Å². The molecule has 1 aromatic carbocycles. The van der Waals surface area contributed by atoms with E-state index in [9.17, 15) is 4.79 Å². The Labute approximate surface area is 128 Å². The molecule has 0 unspecified atom stereocenters. The summed E-state index contributed by atoms with van der Waals surface area (Å²) in [7, 11) is 0. The molecular weight excluding hydrogens is 297 g/mol. The van der Waals surface area contributed by atoms with Crippen molar-refractivity contribution in [3.63, 3.8) is 0 Å². The molecule has 1 aromatic heterocycles. The van der Waals surface area contributed by atoms with Crippen LogP contribution in [0.3, 0.4) is 0 Å². The third kappa shape index (κ3) is 3.75. The van der Waals surface area contributed by atoms with Crippen molar-refractivity contribution in [3.05, 3.63) is 45.8 Å². The van der Waals surface area contributed by atoms with Crippen molar-refractivity contribution in [2.45, 2.75) is 13.5 Å². The minimum Gasteiger partial charge on any atom is -0.423 e. The van der Waals surface area contributed by atoms with Gasteiger partial charge in [-0.15, -0.1) is 23.2 Å². The number of hydrogen-bond donors (Lipinski definition) is 0. The topological polar surface area (TPSA) is 33.5 Å². The average molecular weight is 314 g/mol. The van der Waals surface area contributed by atoms with E-state index in [4.69, 9.17) is 27.6 Å². The molecule has 0 aliphatic carbocycles. The fourth-order valence-corrected chi connectivity index (χ4v) is 2.71. The van der Waals surface area contributed by atoms with Gasteiger partial charge in [0, 0.05) is 42.8 Å². The molecule has 3 nitrogen and oxygen atoms in total. The molecule has 20 heavy (non-hydrogen) atoms. The van der Waals surface area contributed by atoms with E-state index < -0.39 is 0 Å². The number of hydrogen-bond acceptors (Lipinski definition) is 3. The molecule has 0 saturated carbocycles. The summed E-state index contributed by atoms with van der Waals surface area (Å²) in [4.78, 5) is 13.5. The van der Waals surface area contributed by atoms with E-state index in [0.29, 0.717) is 17.3 Å². The predicted octanol–water partition coefficient (Wildman–Crippen LogP) is 3.38. The van der Waals surface area contributed by atoms with Crippen LogP contribution in [0.4, 0.5) is 0 Å². The van der Waals surface area contributed by atoms with Crippen molar-refractivity contribution in [1.29, 1.82) is 0 Å².